The fraction of sp³-hybridized carbons (Fsp3) is 0.118. The number of furan rings is 1. The number of benzene rings is 2. The minimum Gasteiger partial charge on any atom is -0.464 e. The first kappa shape index (κ1) is 12.3. The molecule has 0 saturated heterocycles. The second kappa shape index (κ2) is 5.10. The van der Waals surface area contributed by atoms with Crippen LogP contribution in [0.5, 0.6) is 0 Å². The Morgan fingerprint density at radius 1 is 1.15 bits per heavy atom. The van der Waals surface area contributed by atoms with Gasteiger partial charge in [0.15, 0.2) is 0 Å². The molecule has 0 radical (unpaired) electrons. The third kappa shape index (κ3) is 2.12. The van der Waals surface area contributed by atoms with Gasteiger partial charge in [0.2, 0.25) is 0 Å². The smallest absolute Gasteiger partial charge is 0.134 e. The molecule has 1 heterocycles. The summed E-state index contributed by atoms with van der Waals surface area (Å²) in [6, 6.07) is 16.0. The summed E-state index contributed by atoms with van der Waals surface area (Å²) in [5, 5.41) is 13.6. The lowest BCUT2D eigenvalue weighted by atomic mass is 10.1. The highest BCUT2D eigenvalue weighted by Gasteiger charge is 2.07. The SMILES string of the molecule is Cc1cccc(NCc2coc3ccccc23)c1C#N. The molecule has 0 bridgehead atoms. The van der Waals surface area contributed by atoms with Crippen molar-refractivity contribution in [1.82, 2.24) is 0 Å². The van der Waals surface area contributed by atoms with E-state index in [1.807, 2.05) is 49.4 Å². The van der Waals surface area contributed by atoms with Crippen molar-refractivity contribution in [2.24, 2.45) is 0 Å². The van der Waals surface area contributed by atoms with Crippen LogP contribution in [0, 0.1) is 18.3 Å². The van der Waals surface area contributed by atoms with E-state index in [1.54, 1.807) is 6.26 Å². The molecule has 0 saturated carbocycles. The van der Waals surface area contributed by atoms with Crippen molar-refractivity contribution in [1.29, 1.82) is 5.26 Å². The van der Waals surface area contributed by atoms with Crippen molar-refractivity contribution in [3.63, 3.8) is 0 Å². The standard InChI is InChI=1S/C17H14N2O/c1-12-5-4-7-16(15(12)9-18)19-10-13-11-20-17-8-3-2-6-14(13)17/h2-8,11,19H,10H2,1H3. The molecule has 0 unspecified atom stereocenters. The van der Waals surface area contributed by atoms with Crippen LogP contribution < -0.4 is 5.32 Å². The molecule has 0 fully saturated rings. The first-order valence-corrected chi connectivity index (χ1v) is 6.48. The molecule has 0 aliphatic carbocycles. The number of nitriles is 1. The van der Waals surface area contributed by atoms with Crippen LogP contribution in [-0.2, 0) is 6.54 Å². The van der Waals surface area contributed by atoms with Gasteiger partial charge < -0.3 is 9.73 Å². The molecule has 0 aliphatic heterocycles. The molecule has 2 aromatic carbocycles. The van der Waals surface area contributed by atoms with Crippen LogP contribution in [0.4, 0.5) is 5.69 Å². The van der Waals surface area contributed by atoms with Crippen molar-refractivity contribution in [3.05, 3.63) is 65.4 Å². The molecule has 3 heteroatoms. The van der Waals surface area contributed by atoms with Gasteiger partial charge in [-0.15, -0.1) is 0 Å². The van der Waals surface area contributed by atoms with Gasteiger partial charge in [-0.05, 0) is 24.6 Å². The molecule has 98 valence electrons. The Morgan fingerprint density at radius 2 is 2.00 bits per heavy atom. The van der Waals surface area contributed by atoms with Crippen LogP contribution in [0.15, 0.2) is 53.1 Å². The number of nitrogens with zero attached hydrogens (tertiary/aromatic N) is 1. The highest BCUT2D eigenvalue weighted by molar-refractivity contribution is 5.81. The van der Waals surface area contributed by atoms with Gasteiger partial charge in [-0.1, -0.05) is 30.3 Å². The van der Waals surface area contributed by atoms with Crippen LogP contribution >= 0.6 is 0 Å². The lowest BCUT2D eigenvalue weighted by Gasteiger charge is -2.09. The summed E-state index contributed by atoms with van der Waals surface area (Å²) in [5.41, 5.74) is 4.51. The normalized spacial score (nSPS) is 10.4. The molecular weight excluding hydrogens is 248 g/mol. The summed E-state index contributed by atoms with van der Waals surface area (Å²) in [6.07, 6.45) is 1.76. The van der Waals surface area contributed by atoms with Crippen molar-refractivity contribution in [2.75, 3.05) is 5.32 Å². The summed E-state index contributed by atoms with van der Waals surface area (Å²) in [4.78, 5) is 0. The van der Waals surface area contributed by atoms with Gasteiger partial charge in [-0.3, -0.25) is 0 Å². The minimum absolute atomic E-state index is 0.634. The fourth-order valence-electron chi connectivity index (χ4n) is 2.32. The van der Waals surface area contributed by atoms with Gasteiger partial charge in [-0.25, -0.2) is 0 Å². The van der Waals surface area contributed by atoms with Crippen LogP contribution in [0.1, 0.15) is 16.7 Å². The molecular formula is C17H14N2O. The monoisotopic (exact) mass is 262 g/mol. The van der Waals surface area contributed by atoms with Gasteiger partial charge in [0.1, 0.15) is 11.7 Å². The number of rotatable bonds is 3. The van der Waals surface area contributed by atoms with E-state index in [-0.39, 0.29) is 0 Å². The van der Waals surface area contributed by atoms with Gasteiger partial charge in [-0.2, -0.15) is 5.26 Å². The summed E-state index contributed by atoms with van der Waals surface area (Å²) >= 11 is 0. The van der Waals surface area contributed by atoms with Crippen LogP contribution in [-0.4, -0.2) is 0 Å². The first-order chi connectivity index (χ1) is 9.79. The Kier molecular flexibility index (Phi) is 3.14. The Morgan fingerprint density at radius 3 is 2.85 bits per heavy atom. The van der Waals surface area contributed by atoms with Gasteiger partial charge in [0, 0.05) is 17.5 Å². The highest BCUT2D eigenvalue weighted by Crippen LogP contribution is 2.23. The first-order valence-electron chi connectivity index (χ1n) is 6.48. The average Bonchev–Trinajstić information content (AvgIpc) is 2.88. The van der Waals surface area contributed by atoms with E-state index in [0.29, 0.717) is 12.1 Å². The van der Waals surface area contributed by atoms with E-state index in [2.05, 4.69) is 11.4 Å². The van der Waals surface area contributed by atoms with Crippen molar-refractivity contribution < 1.29 is 4.42 Å². The lowest BCUT2D eigenvalue weighted by molar-refractivity contribution is 0.611. The Bertz CT molecular complexity index is 796. The van der Waals surface area contributed by atoms with Crippen molar-refractivity contribution in [3.8, 4) is 6.07 Å². The molecule has 0 atom stereocenters. The van der Waals surface area contributed by atoms with Crippen LogP contribution in [0.25, 0.3) is 11.0 Å². The molecule has 3 nitrogen and oxygen atoms in total. The topological polar surface area (TPSA) is 49.0 Å². The van der Waals surface area contributed by atoms with Gasteiger partial charge >= 0.3 is 0 Å². The molecule has 3 aromatic rings. The maximum absolute atomic E-state index is 9.22. The zero-order valence-corrected chi connectivity index (χ0v) is 11.2. The third-order valence-electron chi connectivity index (χ3n) is 3.42. The molecule has 0 spiro atoms. The number of nitrogens with one attached hydrogen (secondary N) is 1. The van der Waals surface area contributed by atoms with E-state index in [0.717, 1.165) is 27.8 Å². The Labute approximate surface area is 117 Å². The Balaban J connectivity index is 1.87. The number of aryl methyl sites for hydroxylation is 1. The van der Waals surface area contributed by atoms with Crippen molar-refractivity contribution >= 4 is 16.7 Å². The number of fused-ring (bicyclic) bond motifs is 1. The predicted octanol–water partition coefficient (Wildman–Crippen LogP) is 4.23. The summed E-state index contributed by atoms with van der Waals surface area (Å²) in [6.45, 7) is 2.58. The lowest BCUT2D eigenvalue weighted by Crippen LogP contribution is -2.01. The zero-order chi connectivity index (χ0) is 13.9. The fourth-order valence-corrected chi connectivity index (χ4v) is 2.32. The second-order valence-electron chi connectivity index (χ2n) is 4.72. The molecule has 1 aromatic heterocycles. The summed E-state index contributed by atoms with van der Waals surface area (Å²) < 4.78 is 5.51. The van der Waals surface area contributed by atoms with Crippen LogP contribution in [0.2, 0.25) is 0 Å². The minimum atomic E-state index is 0.634. The van der Waals surface area contributed by atoms with E-state index in [9.17, 15) is 5.26 Å². The van der Waals surface area contributed by atoms with E-state index >= 15 is 0 Å². The van der Waals surface area contributed by atoms with Crippen molar-refractivity contribution in [2.45, 2.75) is 13.5 Å². The van der Waals surface area contributed by atoms with Gasteiger partial charge in [0.25, 0.3) is 0 Å². The highest BCUT2D eigenvalue weighted by atomic mass is 16.3. The maximum atomic E-state index is 9.22. The number of hydrogen-bond donors (Lipinski definition) is 1. The molecule has 0 aliphatic rings. The third-order valence-corrected chi connectivity index (χ3v) is 3.42. The summed E-state index contributed by atoms with van der Waals surface area (Å²) in [5.74, 6) is 0. The molecule has 3 rings (SSSR count). The number of para-hydroxylation sites is 1. The van der Waals surface area contributed by atoms with Crippen LogP contribution in [0.3, 0.4) is 0 Å². The largest absolute Gasteiger partial charge is 0.464 e. The molecule has 1 N–H and O–H groups in total. The quantitative estimate of drug-likeness (QED) is 0.768. The molecule has 0 amide bonds. The zero-order valence-electron chi connectivity index (χ0n) is 11.2. The van der Waals surface area contributed by atoms with E-state index in [4.69, 9.17) is 4.42 Å². The summed E-state index contributed by atoms with van der Waals surface area (Å²) in [7, 11) is 0. The molecule has 20 heavy (non-hydrogen) atoms. The maximum Gasteiger partial charge on any atom is 0.134 e. The number of anilines is 1. The predicted molar refractivity (Wildman–Crippen MR) is 79.4 cm³/mol. The van der Waals surface area contributed by atoms with Gasteiger partial charge in [0.05, 0.1) is 17.5 Å². The average molecular weight is 262 g/mol. The van der Waals surface area contributed by atoms with E-state index < -0.39 is 0 Å². The van der Waals surface area contributed by atoms with E-state index in [1.165, 1.54) is 0 Å². The second-order valence-corrected chi connectivity index (χ2v) is 4.72. The Hall–Kier alpha value is -2.73. The number of hydrogen-bond acceptors (Lipinski definition) is 3.